The van der Waals surface area contributed by atoms with Gasteiger partial charge in [0, 0.05) is 6.42 Å². The monoisotopic (exact) mass is 242 g/mol. The molecular weight excluding hydrogens is 212 g/mol. The number of ether oxygens (including phenoxy) is 2. The zero-order valence-corrected chi connectivity index (χ0v) is 12.0. The summed E-state index contributed by atoms with van der Waals surface area (Å²) in [7, 11) is 0. The normalized spacial score (nSPS) is 29.5. The van der Waals surface area contributed by atoms with E-state index in [9.17, 15) is 0 Å². The van der Waals surface area contributed by atoms with Gasteiger partial charge in [-0.15, -0.1) is 0 Å². The van der Waals surface area contributed by atoms with Crippen LogP contribution in [0.4, 0.5) is 0 Å². The highest BCUT2D eigenvalue weighted by Gasteiger charge is 2.31. The number of hydrogen-bond donors (Lipinski definition) is 0. The fourth-order valence-corrected chi connectivity index (χ4v) is 2.49. The van der Waals surface area contributed by atoms with E-state index in [1.165, 1.54) is 44.9 Å². The molecule has 1 saturated heterocycles. The molecule has 1 heterocycles. The van der Waals surface area contributed by atoms with E-state index in [-0.39, 0.29) is 5.79 Å². The van der Waals surface area contributed by atoms with Gasteiger partial charge in [-0.25, -0.2) is 0 Å². The highest BCUT2D eigenvalue weighted by Crippen LogP contribution is 2.28. The fraction of sp³-hybridized carbons (Fsp3) is 1.00. The summed E-state index contributed by atoms with van der Waals surface area (Å²) in [4.78, 5) is 0. The zero-order valence-electron chi connectivity index (χ0n) is 12.0. The first-order chi connectivity index (χ1) is 8.16. The van der Waals surface area contributed by atoms with Gasteiger partial charge in [-0.1, -0.05) is 45.4 Å². The average Bonchev–Trinajstić information content (AvgIpc) is 2.27. The van der Waals surface area contributed by atoms with Crippen molar-refractivity contribution in [3.8, 4) is 0 Å². The average molecular weight is 242 g/mol. The van der Waals surface area contributed by atoms with Gasteiger partial charge in [0.1, 0.15) is 0 Å². The number of rotatable bonds is 8. The third-order valence-corrected chi connectivity index (χ3v) is 3.62. The van der Waals surface area contributed by atoms with Crippen LogP contribution < -0.4 is 0 Å². The molecule has 17 heavy (non-hydrogen) atoms. The van der Waals surface area contributed by atoms with Crippen LogP contribution in [0.3, 0.4) is 0 Å². The summed E-state index contributed by atoms with van der Waals surface area (Å²) in [6.45, 7) is 7.36. The van der Waals surface area contributed by atoms with E-state index in [4.69, 9.17) is 9.47 Å². The Morgan fingerprint density at radius 3 is 2.35 bits per heavy atom. The molecule has 1 fully saturated rings. The second-order valence-electron chi connectivity index (χ2n) is 5.57. The Labute approximate surface area is 107 Å². The molecule has 0 aromatic rings. The maximum Gasteiger partial charge on any atom is 0.165 e. The van der Waals surface area contributed by atoms with E-state index in [0.717, 1.165) is 19.4 Å². The molecule has 0 aliphatic carbocycles. The molecule has 1 rings (SSSR count). The third-order valence-electron chi connectivity index (χ3n) is 3.62. The van der Waals surface area contributed by atoms with Crippen LogP contribution in [0.25, 0.3) is 0 Å². The second-order valence-corrected chi connectivity index (χ2v) is 5.57. The lowest BCUT2D eigenvalue weighted by Gasteiger charge is -2.37. The first-order valence-electron chi connectivity index (χ1n) is 7.48. The van der Waals surface area contributed by atoms with Crippen molar-refractivity contribution in [1.29, 1.82) is 0 Å². The van der Waals surface area contributed by atoms with Gasteiger partial charge >= 0.3 is 0 Å². The van der Waals surface area contributed by atoms with E-state index < -0.39 is 0 Å². The van der Waals surface area contributed by atoms with Gasteiger partial charge in [-0.2, -0.15) is 0 Å². The topological polar surface area (TPSA) is 18.5 Å². The van der Waals surface area contributed by atoms with Crippen molar-refractivity contribution in [2.24, 2.45) is 0 Å². The van der Waals surface area contributed by atoms with Crippen LogP contribution >= 0.6 is 0 Å². The maximum atomic E-state index is 5.90. The van der Waals surface area contributed by atoms with Crippen LogP contribution in [0.5, 0.6) is 0 Å². The molecule has 0 radical (unpaired) electrons. The quantitative estimate of drug-likeness (QED) is 0.576. The molecular formula is C15H30O2. The minimum atomic E-state index is -0.304. The van der Waals surface area contributed by atoms with Crippen molar-refractivity contribution in [1.82, 2.24) is 0 Å². The summed E-state index contributed by atoms with van der Waals surface area (Å²) in [6, 6.07) is 0. The highest BCUT2D eigenvalue weighted by molar-refractivity contribution is 4.70. The molecule has 2 heteroatoms. The van der Waals surface area contributed by atoms with Crippen molar-refractivity contribution in [2.45, 2.75) is 90.4 Å². The number of hydrogen-bond acceptors (Lipinski definition) is 2. The molecule has 1 aliphatic rings. The zero-order chi connectivity index (χ0) is 12.6. The first-order valence-corrected chi connectivity index (χ1v) is 7.48. The summed E-state index contributed by atoms with van der Waals surface area (Å²) >= 11 is 0. The minimum absolute atomic E-state index is 0.304. The Hall–Kier alpha value is -0.0800. The van der Waals surface area contributed by atoms with Crippen molar-refractivity contribution in [3.63, 3.8) is 0 Å². The van der Waals surface area contributed by atoms with Crippen molar-refractivity contribution in [3.05, 3.63) is 0 Å². The predicted molar refractivity (Wildman–Crippen MR) is 72.1 cm³/mol. The van der Waals surface area contributed by atoms with Crippen LogP contribution in [0.2, 0.25) is 0 Å². The molecule has 102 valence electrons. The summed E-state index contributed by atoms with van der Waals surface area (Å²) in [6.07, 6.45) is 11.9. The van der Waals surface area contributed by atoms with Crippen molar-refractivity contribution >= 4 is 0 Å². The van der Waals surface area contributed by atoms with Crippen LogP contribution in [0.1, 0.15) is 78.6 Å². The van der Waals surface area contributed by atoms with E-state index in [1.807, 2.05) is 0 Å². The molecule has 1 aliphatic heterocycles. The Bertz CT molecular complexity index is 193. The SMILES string of the molecule is CCCCCCCCC[C@]1(C)OCC[C@H](C)O1. The van der Waals surface area contributed by atoms with Gasteiger partial charge in [0.15, 0.2) is 5.79 Å². The maximum absolute atomic E-state index is 5.90. The van der Waals surface area contributed by atoms with E-state index in [2.05, 4.69) is 20.8 Å². The van der Waals surface area contributed by atoms with Gasteiger partial charge in [-0.3, -0.25) is 0 Å². The standard InChI is InChI=1S/C15H30O2/c1-4-5-6-7-8-9-10-12-15(3)16-13-11-14(2)17-15/h14H,4-13H2,1-3H3/t14-,15+/m0/s1. The molecule has 0 bridgehead atoms. The molecule has 0 spiro atoms. The van der Waals surface area contributed by atoms with Crippen LogP contribution in [0, 0.1) is 0 Å². The largest absolute Gasteiger partial charge is 0.350 e. The molecule has 0 N–H and O–H groups in total. The Balaban J connectivity index is 2.01. The molecule has 0 unspecified atom stereocenters. The second kappa shape index (κ2) is 8.10. The van der Waals surface area contributed by atoms with Gasteiger partial charge in [-0.05, 0) is 26.7 Å². The van der Waals surface area contributed by atoms with Gasteiger partial charge in [0.05, 0.1) is 12.7 Å². The van der Waals surface area contributed by atoms with Crippen molar-refractivity contribution in [2.75, 3.05) is 6.61 Å². The van der Waals surface area contributed by atoms with Crippen LogP contribution in [0.15, 0.2) is 0 Å². The smallest absolute Gasteiger partial charge is 0.165 e. The first kappa shape index (κ1) is 15.0. The van der Waals surface area contributed by atoms with E-state index in [1.54, 1.807) is 0 Å². The molecule has 2 nitrogen and oxygen atoms in total. The minimum Gasteiger partial charge on any atom is -0.350 e. The summed E-state index contributed by atoms with van der Waals surface area (Å²) < 4.78 is 11.7. The summed E-state index contributed by atoms with van der Waals surface area (Å²) in [5, 5.41) is 0. The molecule has 0 aromatic heterocycles. The van der Waals surface area contributed by atoms with Gasteiger partial charge < -0.3 is 9.47 Å². The molecule has 2 atom stereocenters. The van der Waals surface area contributed by atoms with E-state index in [0.29, 0.717) is 6.10 Å². The number of unbranched alkanes of at least 4 members (excludes halogenated alkanes) is 6. The summed E-state index contributed by atoms with van der Waals surface area (Å²) in [5.74, 6) is -0.304. The lowest BCUT2D eigenvalue weighted by Crippen LogP contribution is -2.41. The Morgan fingerprint density at radius 2 is 1.71 bits per heavy atom. The van der Waals surface area contributed by atoms with Crippen LogP contribution in [-0.2, 0) is 9.47 Å². The Morgan fingerprint density at radius 1 is 1.06 bits per heavy atom. The fourth-order valence-electron chi connectivity index (χ4n) is 2.49. The predicted octanol–water partition coefficient (Wildman–Crippen LogP) is 4.67. The third kappa shape index (κ3) is 6.42. The lowest BCUT2D eigenvalue weighted by atomic mass is 10.0. The lowest BCUT2D eigenvalue weighted by molar-refractivity contribution is -0.283. The van der Waals surface area contributed by atoms with Crippen molar-refractivity contribution < 1.29 is 9.47 Å². The molecule has 0 amide bonds. The highest BCUT2D eigenvalue weighted by atomic mass is 16.7. The molecule has 0 aromatic carbocycles. The summed E-state index contributed by atoms with van der Waals surface area (Å²) in [5.41, 5.74) is 0. The molecule has 0 saturated carbocycles. The van der Waals surface area contributed by atoms with E-state index >= 15 is 0 Å². The van der Waals surface area contributed by atoms with Crippen LogP contribution in [-0.4, -0.2) is 18.5 Å². The van der Waals surface area contributed by atoms with Gasteiger partial charge in [0.2, 0.25) is 0 Å². The van der Waals surface area contributed by atoms with Gasteiger partial charge in [0.25, 0.3) is 0 Å². The Kier molecular flexibility index (Phi) is 7.14.